The van der Waals surface area contributed by atoms with E-state index in [1.165, 1.54) is 19.4 Å². The van der Waals surface area contributed by atoms with Crippen molar-refractivity contribution in [3.05, 3.63) is 23.4 Å². The number of carbonyl (C=O) groups excluding carboxylic acids is 1. The van der Waals surface area contributed by atoms with Crippen molar-refractivity contribution < 1.29 is 14.6 Å². The maximum absolute atomic E-state index is 11.1. The fourth-order valence-corrected chi connectivity index (χ4v) is 1.11. The van der Waals surface area contributed by atoms with Crippen LogP contribution >= 0.6 is 0 Å². The molecule has 5 nitrogen and oxygen atoms in total. The van der Waals surface area contributed by atoms with Gasteiger partial charge in [0.05, 0.1) is 18.7 Å². The predicted molar refractivity (Wildman–Crippen MR) is 51.2 cm³/mol. The fourth-order valence-electron chi connectivity index (χ4n) is 1.11. The largest absolute Gasteiger partial charge is 0.493 e. The van der Waals surface area contributed by atoms with Crippen molar-refractivity contribution in [1.29, 1.82) is 5.26 Å². The molecule has 0 fully saturated rings. The fraction of sp³-hybridized carbons (Fsp3) is 0.300. The number of aromatic nitrogens is 1. The first kappa shape index (κ1) is 11.0. The molecule has 1 rings (SSSR count). The van der Waals surface area contributed by atoms with Crippen LogP contribution < -0.4 is 0 Å². The number of aryl methyl sites for hydroxylation is 1. The van der Waals surface area contributed by atoms with Crippen molar-refractivity contribution >= 4 is 5.97 Å². The zero-order chi connectivity index (χ0) is 11.3. The number of nitrogens with zero attached hydrogens (tertiary/aromatic N) is 2. The lowest BCUT2D eigenvalue weighted by molar-refractivity contribution is 0.0600. The molecule has 0 bridgehead atoms. The SMILES string of the molecule is COC(=O)c1cnc(O)c(CCC#N)c1. The topological polar surface area (TPSA) is 83.2 Å². The van der Waals surface area contributed by atoms with Gasteiger partial charge in [0.1, 0.15) is 0 Å². The molecule has 15 heavy (non-hydrogen) atoms. The average molecular weight is 206 g/mol. The lowest BCUT2D eigenvalue weighted by atomic mass is 10.1. The van der Waals surface area contributed by atoms with Gasteiger partial charge in [-0.15, -0.1) is 0 Å². The Balaban J connectivity index is 2.95. The summed E-state index contributed by atoms with van der Waals surface area (Å²) >= 11 is 0. The van der Waals surface area contributed by atoms with E-state index in [1.54, 1.807) is 0 Å². The third kappa shape index (κ3) is 2.68. The lowest BCUT2D eigenvalue weighted by Crippen LogP contribution is -2.03. The second kappa shape index (κ2) is 4.96. The maximum atomic E-state index is 11.1. The highest BCUT2D eigenvalue weighted by atomic mass is 16.5. The standard InChI is InChI=1S/C10H10N2O3/c1-15-10(14)8-5-7(3-2-4-11)9(13)12-6-8/h5-6H,2-3H2,1H3,(H,12,13). The highest BCUT2D eigenvalue weighted by Gasteiger charge is 2.10. The van der Waals surface area contributed by atoms with Crippen LogP contribution in [0.3, 0.4) is 0 Å². The lowest BCUT2D eigenvalue weighted by Gasteiger charge is -2.03. The number of rotatable bonds is 3. The van der Waals surface area contributed by atoms with E-state index in [-0.39, 0.29) is 17.9 Å². The molecule has 0 aromatic carbocycles. The summed E-state index contributed by atoms with van der Waals surface area (Å²) in [5, 5.41) is 17.7. The van der Waals surface area contributed by atoms with Crippen LogP contribution in [0.1, 0.15) is 22.3 Å². The summed E-state index contributed by atoms with van der Waals surface area (Å²) in [6.07, 6.45) is 1.86. The number of esters is 1. The van der Waals surface area contributed by atoms with Gasteiger partial charge in [-0.05, 0) is 12.5 Å². The molecule has 0 atom stereocenters. The van der Waals surface area contributed by atoms with Crippen LogP contribution in [0.15, 0.2) is 12.3 Å². The molecule has 1 N–H and O–H groups in total. The van der Waals surface area contributed by atoms with Gasteiger partial charge in [-0.2, -0.15) is 5.26 Å². The van der Waals surface area contributed by atoms with Crippen LogP contribution in [0.2, 0.25) is 0 Å². The van der Waals surface area contributed by atoms with E-state index < -0.39 is 5.97 Å². The molecule has 1 aromatic rings. The van der Waals surface area contributed by atoms with Crippen molar-refractivity contribution in [2.45, 2.75) is 12.8 Å². The minimum Gasteiger partial charge on any atom is -0.493 e. The van der Waals surface area contributed by atoms with Crippen molar-refractivity contribution in [1.82, 2.24) is 4.98 Å². The van der Waals surface area contributed by atoms with Gasteiger partial charge in [-0.3, -0.25) is 0 Å². The Morgan fingerprint density at radius 3 is 3.07 bits per heavy atom. The zero-order valence-electron chi connectivity index (χ0n) is 8.23. The van der Waals surface area contributed by atoms with Crippen LogP contribution in [-0.2, 0) is 11.2 Å². The van der Waals surface area contributed by atoms with Gasteiger partial charge in [-0.25, -0.2) is 9.78 Å². The molecule has 0 saturated heterocycles. The molecule has 0 aliphatic rings. The van der Waals surface area contributed by atoms with E-state index in [0.717, 1.165) is 0 Å². The first-order chi connectivity index (χ1) is 7.19. The number of nitriles is 1. The molecule has 0 aliphatic heterocycles. The van der Waals surface area contributed by atoms with Crippen molar-refractivity contribution in [3.8, 4) is 11.9 Å². The summed E-state index contributed by atoms with van der Waals surface area (Å²) in [7, 11) is 1.27. The van der Waals surface area contributed by atoms with Crippen LogP contribution in [0.5, 0.6) is 5.88 Å². The van der Waals surface area contributed by atoms with Gasteiger partial charge in [-0.1, -0.05) is 0 Å². The van der Waals surface area contributed by atoms with E-state index in [1.807, 2.05) is 6.07 Å². The number of hydrogen-bond donors (Lipinski definition) is 1. The predicted octanol–water partition coefficient (Wildman–Crippen LogP) is 1.03. The monoisotopic (exact) mass is 206 g/mol. The third-order valence-electron chi connectivity index (χ3n) is 1.87. The van der Waals surface area contributed by atoms with Crippen LogP contribution in [0.25, 0.3) is 0 Å². The van der Waals surface area contributed by atoms with Crippen molar-refractivity contribution in [3.63, 3.8) is 0 Å². The number of methoxy groups -OCH3 is 1. The van der Waals surface area contributed by atoms with Crippen molar-refractivity contribution in [2.24, 2.45) is 0 Å². The molecule has 1 heterocycles. The molecule has 0 amide bonds. The Morgan fingerprint density at radius 1 is 1.73 bits per heavy atom. The summed E-state index contributed by atoms with van der Waals surface area (Å²) in [5.41, 5.74) is 0.739. The molecule has 0 spiro atoms. The van der Waals surface area contributed by atoms with Crippen molar-refractivity contribution in [2.75, 3.05) is 7.11 Å². The first-order valence-electron chi connectivity index (χ1n) is 4.32. The summed E-state index contributed by atoms with van der Waals surface area (Å²) in [6, 6.07) is 3.43. The second-order valence-electron chi connectivity index (χ2n) is 2.86. The zero-order valence-corrected chi connectivity index (χ0v) is 8.23. The van der Waals surface area contributed by atoms with Gasteiger partial charge in [0, 0.05) is 18.2 Å². The number of hydrogen-bond acceptors (Lipinski definition) is 5. The normalized spacial score (nSPS) is 9.33. The Hall–Kier alpha value is -2.09. The van der Waals surface area contributed by atoms with E-state index in [2.05, 4.69) is 9.72 Å². The molecule has 78 valence electrons. The van der Waals surface area contributed by atoms with E-state index >= 15 is 0 Å². The number of aromatic hydroxyl groups is 1. The summed E-state index contributed by atoms with van der Waals surface area (Å²) in [5.74, 6) is -0.668. The van der Waals surface area contributed by atoms with Gasteiger partial charge in [0.25, 0.3) is 0 Å². The Bertz CT molecular complexity index is 410. The molecule has 0 unspecified atom stereocenters. The number of pyridine rings is 1. The molecule has 5 heteroatoms. The van der Waals surface area contributed by atoms with Crippen LogP contribution in [-0.4, -0.2) is 23.2 Å². The minimum absolute atomic E-state index is 0.155. The highest BCUT2D eigenvalue weighted by molar-refractivity contribution is 5.89. The van der Waals surface area contributed by atoms with E-state index in [4.69, 9.17) is 5.26 Å². The first-order valence-corrected chi connectivity index (χ1v) is 4.32. The summed E-state index contributed by atoms with van der Waals surface area (Å²) in [4.78, 5) is 14.8. The molecule has 1 aromatic heterocycles. The van der Waals surface area contributed by atoms with Gasteiger partial charge in [0.15, 0.2) is 0 Å². The van der Waals surface area contributed by atoms with Gasteiger partial charge < -0.3 is 9.84 Å². The third-order valence-corrected chi connectivity index (χ3v) is 1.87. The quantitative estimate of drug-likeness (QED) is 0.747. The van der Waals surface area contributed by atoms with E-state index in [0.29, 0.717) is 12.0 Å². The summed E-state index contributed by atoms with van der Waals surface area (Å²) in [6.45, 7) is 0. The molecular formula is C10H10N2O3. The highest BCUT2D eigenvalue weighted by Crippen LogP contribution is 2.17. The van der Waals surface area contributed by atoms with E-state index in [9.17, 15) is 9.90 Å². The number of ether oxygens (including phenoxy) is 1. The molecule has 0 saturated carbocycles. The summed E-state index contributed by atoms with van der Waals surface area (Å²) < 4.78 is 4.51. The van der Waals surface area contributed by atoms with Crippen LogP contribution in [0.4, 0.5) is 0 Å². The molecular weight excluding hydrogens is 196 g/mol. The maximum Gasteiger partial charge on any atom is 0.339 e. The average Bonchev–Trinajstić information content (AvgIpc) is 2.27. The molecule has 0 radical (unpaired) electrons. The smallest absolute Gasteiger partial charge is 0.339 e. The minimum atomic E-state index is -0.513. The Kier molecular flexibility index (Phi) is 3.63. The number of carbonyl (C=O) groups is 1. The molecule has 0 aliphatic carbocycles. The van der Waals surface area contributed by atoms with Gasteiger partial charge >= 0.3 is 5.97 Å². The Morgan fingerprint density at radius 2 is 2.47 bits per heavy atom. The Labute approximate surface area is 86.9 Å². The van der Waals surface area contributed by atoms with Gasteiger partial charge in [0.2, 0.25) is 5.88 Å². The second-order valence-corrected chi connectivity index (χ2v) is 2.86. The van der Waals surface area contributed by atoms with Crippen LogP contribution in [0, 0.1) is 11.3 Å².